The summed E-state index contributed by atoms with van der Waals surface area (Å²) in [7, 11) is 0. The highest BCUT2D eigenvalue weighted by Crippen LogP contribution is 2.25. The fraction of sp³-hybridized carbons (Fsp3) is 0.533. The van der Waals surface area contributed by atoms with Gasteiger partial charge in [0.1, 0.15) is 0 Å². The van der Waals surface area contributed by atoms with Crippen LogP contribution >= 0.6 is 0 Å². The maximum absolute atomic E-state index is 11.8. The van der Waals surface area contributed by atoms with E-state index in [0.717, 1.165) is 18.4 Å². The van der Waals surface area contributed by atoms with Gasteiger partial charge in [-0.2, -0.15) is 0 Å². The number of ketones is 1. The number of carbonyl (C=O) groups is 1. The van der Waals surface area contributed by atoms with Gasteiger partial charge >= 0.3 is 0 Å². The van der Waals surface area contributed by atoms with Crippen LogP contribution in [0, 0.1) is 5.41 Å². The lowest BCUT2D eigenvalue weighted by atomic mass is 9.87. The molecule has 0 radical (unpaired) electrons. The zero-order valence-corrected chi connectivity index (χ0v) is 10.8. The summed E-state index contributed by atoms with van der Waals surface area (Å²) < 4.78 is 0. The molecule has 0 N–H and O–H groups in total. The molecule has 1 aliphatic carbocycles. The maximum Gasteiger partial charge on any atom is 0.162 e. The molecule has 1 nitrogen and oxygen atoms in total. The Kier molecular flexibility index (Phi) is 4.28. The highest BCUT2D eigenvalue weighted by Gasteiger charge is 2.13. The van der Waals surface area contributed by atoms with E-state index in [0.29, 0.717) is 6.42 Å². The molecule has 0 unspecified atom stereocenters. The minimum absolute atomic E-state index is 0.145. The Balaban J connectivity index is 2.94. The third kappa shape index (κ3) is 4.18. The minimum Gasteiger partial charge on any atom is -0.294 e. The summed E-state index contributed by atoms with van der Waals surface area (Å²) in [6.07, 6.45) is 11.0. The second-order valence-corrected chi connectivity index (χ2v) is 5.36. The van der Waals surface area contributed by atoms with Crippen molar-refractivity contribution in [2.45, 2.75) is 47.0 Å². The molecular weight excluding hydrogens is 196 g/mol. The van der Waals surface area contributed by atoms with Gasteiger partial charge in [0.2, 0.25) is 0 Å². The molecule has 1 heteroatoms. The molecule has 0 fully saturated rings. The van der Waals surface area contributed by atoms with Crippen molar-refractivity contribution in [2.75, 3.05) is 0 Å². The lowest BCUT2D eigenvalue weighted by molar-refractivity contribution is -0.114. The van der Waals surface area contributed by atoms with Gasteiger partial charge in [-0.3, -0.25) is 4.79 Å². The van der Waals surface area contributed by atoms with Crippen molar-refractivity contribution in [1.29, 1.82) is 0 Å². The van der Waals surface area contributed by atoms with E-state index < -0.39 is 0 Å². The molecule has 0 atom stereocenters. The van der Waals surface area contributed by atoms with Gasteiger partial charge in [-0.1, -0.05) is 43.7 Å². The van der Waals surface area contributed by atoms with Crippen LogP contribution in [0.2, 0.25) is 0 Å². The zero-order chi connectivity index (χ0) is 12.2. The predicted molar refractivity (Wildman–Crippen MR) is 69.3 cm³/mol. The van der Waals surface area contributed by atoms with Crippen LogP contribution in [-0.4, -0.2) is 5.78 Å². The summed E-state index contributed by atoms with van der Waals surface area (Å²) in [5.74, 6) is 0.247. The molecule has 0 aliphatic heterocycles. The Labute approximate surface area is 98.9 Å². The summed E-state index contributed by atoms with van der Waals surface area (Å²) in [5.41, 5.74) is 2.31. The number of rotatable bonds is 0. The quantitative estimate of drug-likeness (QED) is 0.556. The molecule has 88 valence electrons. The molecular formula is C15H22O. The summed E-state index contributed by atoms with van der Waals surface area (Å²) in [6, 6.07) is 0. The monoisotopic (exact) mass is 218 g/mol. The van der Waals surface area contributed by atoms with Gasteiger partial charge in [0.15, 0.2) is 5.78 Å². The number of allylic oxidation sites excluding steroid dienone is 6. The van der Waals surface area contributed by atoms with Crippen LogP contribution in [0.1, 0.15) is 47.0 Å². The number of hydrogen-bond donors (Lipinski definition) is 0. The molecule has 1 aliphatic rings. The molecule has 0 amide bonds. The van der Waals surface area contributed by atoms with E-state index >= 15 is 0 Å². The van der Waals surface area contributed by atoms with Crippen molar-refractivity contribution < 1.29 is 4.79 Å². The smallest absolute Gasteiger partial charge is 0.162 e. The Morgan fingerprint density at radius 3 is 2.50 bits per heavy atom. The van der Waals surface area contributed by atoms with Crippen molar-refractivity contribution in [2.24, 2.45) is 5.41 Å². The molecule has 1 rings (SSSR count). The molecule has 0 bridgehead atoms. The van der Waals surface area contributed by atoms with E-state index in [1.807, 2.05) is 13.0 Å². The van der Waals surface area contributed by atoms with E-state index in [4.69, 9.17) is 0 Å². The SMILES string of the molecule is C/C1=C/CC(=O)/C(C)=C\CC(C)(C)/C=C\C1. The van der Waals surface area contributed by atoms with Gasteiger partial charge in [0.05, 0.1) is 0 Å². The van der Waals surface area contributed by atoms with Crippen LogP contribution in [0.3, 0.4) is 0 Å². The minimum atomic E-state index is 0.145. The van der Waals surface area contributed by atoms with E-state index in [9.17, 15) is 4.79 Å². The van der Waals surface area contributed by atoms with Crippen molar-refractivity contribution >= 4 is 5.78 Å². The van der Waals surface area contributed by atoms with Gasteiger partial charge in [0.25, 0.3) is 0 Å². The van der Waals surface area contributed by atoms with Crippen molar-refractivity contribution in [3.63, 3.8) is 0 Å². The zero-order valence-electron chi connectivity index (χ0n) is 10.8. The van der Waals surface area contributed by atoms with Gasteiger partial charge in [-0.15, -0.1) is 0 Å². The number of Topliss-reactive ketones (excluding diaryl/α,β-unsaturated/α-hetero) is 1. The summed E-state index contributed by atoms with van der Waals surface area (Å²) in [4.78, 5) is 11.8. The van der Waals surface area contributed by atoms with Crippen molar-refractivity contribution in [3.8, 4) is 0 Å². The largest absolute Gasteiger partial charge is 0.294 e. The van der Waals surface area contributed by atoms with Gasteiger partial charge in [-0.25, -0.2) is 0 Å². The van der Waals surface area contributed by atoms with Crippen molar-refractivity contribution in [3.05, 3.63) is 35.5 Å². The first-order chi connectivity index (χ1) is 7.41. The number of carbonyl (C=O) groups excluding carboxylic acids is 1. The summed E-state index contributed by atoms with van der Waals surface area (Å²) in [5, 5.41) is 0. The lowest BCUT2D eigenvalue weighted by Gasteiger charge is -2.18. The first-order valence-electron chi connectivity index (χ1n) is 5.94. The third-order valence-electron chi connectivity index (χ3n) is 3.02. The third-order valence-corrected chi connectivity index (χ3v) is 3.02. The highest BCUT2D eigenvalue weighted by atomic mass is 16.1. The van der Waals surface area contributed by atoms with Gasteiger partial charge < -0.3 is 0 Å². The fourth-order valence-corrected chi connectivity index (χ4v) is 1.67. The summed E-state index contributed by atoms with van der Waals surface area (Å²) in [6.45, 7) is 8.41. The van der Waals surface area contributed by atoms with E-state index in [2.05, 4.69) is 39.0 Å². The second-order valence-electron chi connectivity index (χ2n) is 5.36. The van der Waals surface area contributed by atoms with Crippen LogP contribution in [0.15, 0.2) is 35.5 Å². The van der Waals surface area contributed by atoms with Crippen LogP contribution in [0.5, 0.6) is 0 Å². The van der Waals surface area contributed by atoms with Gasteiger partial charge in [0, 0.05) is 6.42 Å². The van der Waals surface area contributed by atoms with Gasteiger partial charge in [-0.05, 0) is 37.7 Å². The first kappa shape index (κ1) is 13.0. The standard InChI is InChI=1S/C15H22O/c1-12-6-5-10-15(3,4)11-9-13(2)14(16)8-7-12/h5,7,9-10H,6,8,11H2,1-4H3/b10-5-,12-7-,13-9-. The van der Waals surface area contributed by atoms with Crippen LogP contribution in [0.4, 0.5) is 0 Å². The fourth-order valence-electron chi connectivity index (χ4n) is 1.67. The average molecular weight is 218 g/mol. The maximum atomic E-state index is 11.8. The highest BCUT2D eigenvalue weighted by molar-refractivity contribution is 5.95. The number of hydrogen-bond acceptors (Lipinski definition) is 1. The Morgan fingerprint density at radius 1 is 1.12 bits per heavy atom. The molecule has 0 aromatic heterocycles. The topological polar surface area (TPSA) is 17.1 Å². The predicted octanol–water partition coefficient (Wildman–Crippen LogP) is 4.21. The molecule has 0 spiro atoms. The average Bonchev–Trinajstić information content (AvgIpc) is 2.22. The normalized spacial score (nSPS) is 30.6. The van der Waals surface area contributed by atoms with E-state index in [1.54, 1.807) is 0 Å². The summed E-state index contributed by atoms with van der Waals surface area (Å²) >= 11 is 0. The molecule has 0 saturated carbocycles. The van der Waals surface area contributed by atoms with Crippen molar-refractivity contribution in [1.82, 2.24) is 0 Å². The van der Waals surface area contributed by atoms with Crippen LogP contribution in [0.25, 0.3) is 0 Å². The molecule has 0 saturated heterocycles. The molecule has 16 heavy (non-hydrogen) atoms. The Hall–Kier alpha value is -1.11. The Morgan fingerprint density at radius 2 is 1.81 bits per heavy atom. The molecule has 0 heterocycles. The molecule has 0 aromatic carbocycles. The Bertz CT molecular complexity index is 354. The lowest BCUT2D eigenvalue weighted by Crippen LogP contribution is -2.06. The van der Waals surface area contributed by atoms with E-state index in [-0.39, 0.29) is 11.2 Å². The van der Waals surface area contributed by atoms with E-state index in [1.165, 1.54) is 5.57 Å². The van der Waals surface area contributed by atoms with Crippen LogP contribution in [-0.2, 0) is 4.79 Å². The van der Waals surface area contributed by atoms with Crippen LogP contribution < -0.4 is 0 Å². The molecule has 0 aromatic rings. The first-order valence-corrected chi connectivity index (χ1v) is 5.94. The second kappa shape index (κ2) is 5.29.